The van der Waals surface area contributed by atoms with Crippen molar-refractivity contribution in [3.8, 4) is 0 Å². The number of aryl methyl sites for hydroxylation is 1. The van der Waals surface area contributed by atoms with Crippen LogP contribution in [-0.2, 0) is 11.2 Å². The van der Waals surface area contributed by atoms with Gasteiger partial charge in [-0.25, -0.2) is 0 Å². The zero-order valence-electron chi connectivity index (χ0n) is 12.0. The molecule has 1 aromatic heterocycles. The van der Waals surface area contributed by atoms with Crippen LogP contribution in [0.4, 0.5) is 0 Å². The molecular formula is C16H24N2O. The highest BCUT2D eigenvalue weighted by Crippen LogP contribution is 2.23. The largest absolute Gasteiger partial charge is 0.337 e. The summed E-state index contributed by atoms with van der Waals surface area (Å²) in [5, 5.41) is 0. The van der Waals surface area contributed by atoms with Crippen LogP contribution in [0.5, 0.6) is 0 Å². The Hall–Kier alpha value is -1.38. The van der Waals surface area contributed by atoms with Crippen molar-refractivity contribution < 1.29 is 4.79 Å². The molecule has 104 valence electrons. The fraction of sp³-hybridized carbons (Fsp3) is 0.625. The van der Waals surface area contributed by atoms with Crippen molar-refractivity contribution in [1.82, 2.24) is 9.88 Å². The summed E-state index contributed by atoms with van der Waals surface area (Å²) in [5.41, 5.74) is 1.22. The Labute approximate surface area is 116 Å². The third-order valence-corrected chi connectivity index (χ3v) is 4.06. The van der Waals surface area contributed by atoms with Gasteiger partial charge in [-0.15, -0.1) is 0 Å². The van der Waals surface area contributed by atoms with Crippen LogP contribution in [0, 0.1) is 0 Å². The van der Waals surface area contributed by atoms with Crippen molar-refractivity contribution in [2.24, 2.45) is 0 Å². The van der Waals surface area contributed by atoms with Crippen LogP contribution in [-0.4, -0.2) is 27.9 Å². The Balaban J connectivity index is 1.80. The minimum Gasteiger partial charge on any atom is -0.337 e. The van der Waals surface area contributed by atoms with E-state index in [0.29, 0.717) is 24.4 Å². The van der Waals surface area contributed by atoms with Gasteiger partial charge in [0, 0.05) is 30.9 Å². The van der Waals surface area contributed by atoms with Crippen LogP contribution in [0.25, 0.3) is 0 Å². The fourth-order valence-electron chi connectivity index (χ4n) is 3.03. The van der Waals surface area contributed by atoms with Crippen molar-refractivity contribution in [2.45, 2.75) is 64.5 Å². The Bertz CT molecular complexity index is 394. The van der Waals surface area contributed by atoms with Gasteiger partial charge in [-0.05, 0) is 57.6 Å². The van der Waals surface area contributed by atoms with Gasteiger partial charge in [0.2, 0.25) is 5.91 Å². The summed E-state index contributed by atoms with van der Waals surface area (Å²) in [7, 11) is 0. The van der Waals surface area contributed by atoms with Crippen LogP contribution in [0.3, 0.4) is 0 Å². The Morgan fingerprint density at radius 2 is 2.11 bits per heavy atom. The molecule has 3 heteroatoms. The molecule has 19 heavy (non-hydrogen) atoms. The molecule has 0 aliphatic carbocycles. The minimum absolute atomic E-state index is 0.323. The molecule has 0 saturated carbocycles. The second-order valence-corrected chi connectivity index (χ2v) is 5.64. The topological polar surface area (TPSA) is 33.2 Å². The van der Waals surface area contributed by atoms with E-state index in [1.54, 1.807) is 6.20 Å². The highest BCUT2D eigenvalue weighted by molar-refractivity contribution is 5.77. The van der Waals surface area contributed by atoms with Crippen molar-refractivity contribution in [1.29, 1.82) is 0 Å². The molecule has 2 atom stereocenters. The Kier molecular flexibility index (Phi) is 4.94. The van der Waals surface area contributed by atoms with E-state index in [1.807, 2.05) is 12.3 Å². The first kappa shape index (κ1) is 14.0. The first-order chi connectivity index (χ1) is 9.18. The highest BCUT2D eigenvalue weighted by atomic mass is 16.2. The van der Waals surface area contributed by atoms with Gasteiger partial charge in [0.05, 0.1) is 0 Å². The molecule has 1 amide bonds. The number of amides is 1. The molecule has 3 nitrogen and oxygen atoms in total. The van der Waals surface area contributed by atoms with Crippen LogP contribution >= 0.6 is 0 Å². The van der Waals surface area contributed by atoms with Crippen LogP contribution in [0.2, 0.25) is 0 Å². The summed E-state index contributed by atoms with van der Waals surface area (Å²) < 4.78 is 0. The molecule has 0 radical (unpaired) electrons. The van der Waals surface area contributed by atoms with Gasteiger partial charge in [0.15, 0.2) is 0 Å². The molecule has 0 aromatic carbocycles. The van der Waals surface area contributed by atoms with Gasteiger partial charge >= 0.3 is 0 Å². The fourth-order valence-corrected chi connectivity index (χ4v) is 3.03. The average Bonchev–Trinajstić information content (AvgIpc) is 2.40. The van der Waals surface area contributed by atoms with Gasteiger partial charge in [-0.1, -0.05) is 6.07 Å². The number of hydrogen-bond acceptors (Lipinski definition) is 2. The van der Waals surface area contributed by atoms with E-state index in [2.05, 4.69) is 29.8 Å². The molecule has 2 rings (SSSR count). The summed E-state index contributed by atoms with van der Waals surface area (Å²) in [6.45, 7) is 4.35. The van der Waals surface area contributed by atoms with Crippen LogP contribution in [0.1, 0.15) is 51.5 Å². The van der Waals surface area contributed by atoms with E-state index in [1.165, 1.54) is 12.0 Å². The standard InChI is InChI=1S/C16H24N2O/c1-13-6-3-7-14(2)18(13)16(19)10-4-8-15-9-5-11-17-12-15/h5,9,11-14H,3-4,6-8,10H2,1-2H3. The molecule has 1 aromatic rings. The van der Waals surface area contributed by atoms with Crippen molar-refractivity contribution in [2.75, 3.05) is 0 Å². The lowest BCUT2D eigenvalue weighted by atomic mass is 9.96. The third kappa shape index (κ3) is 3.79. The normalized spacial score (nSPS) is 23.4. The lowest BCUT2D eigenvalue weighted by Crippen LogP contribution is -2.47. The number of hydrogen-bond donors (Lipinski definition) is 0. The molecular weight excluding hydrogens is 236 g/mol. The predicted octanol–water partition coefficient (Wildman–Crippen LogP) is 3.19. The van der Waals surface area contributed by atoms with Gasteiger partial charge in [0.25, 0.3) is 0 Å². The van der Waals surface area contributed by atoms with Gasteiger partial charge in [-0.2, -0.15) is 0 Å². The summed E-state index contributed by atoms with van der Waals surface area (Å²) in [5.74, 6) is 0.323. The van der Waals surface area contributed by atoms with Gasteiger partial charge in [0.1, 0.15) is 0 Å². The number of piperidine rings is 1. The van der Waals surface area contributed by atoms with E-state index in [-0.39, 0.29) is 0 Å². The van der Waals surface area contributed by atoms with Gasteiger partial charge < -0.3 is 4.90 Å². The maximum atomic E-state index is 12.3. The average molecular weight is 260 g/mol. The number of carbonyl (C=O) groups excluding carboxylic acids is 1. The summed E-state index contributed by atoms with van der Waals surface area (Å²) in [6.07, 6.45) is 9.74. The zero-order chi connectivity index (χ0) is 13.7. The highest BCUT2D eigenvalue weighted by Gasteiger charge is 2.28. The number of likely N-dealkylation sites (tertiary alicyclic amines) is 1. The number of rotatable bonds is 4. The molecule has 0 N–H and O–H groups in total. The second kappa shape index (κ2) is 6.69. The maximum Gasteiger partial charge on any atom is 0.223 e. The third-order valence-electron chi connectivity index (χ3n) is 4.06. The minimum atomic E-state index is 0.323. The lowest BCUT2D eigenvalue weighted by Gasteiger charge is -2.39. The molecule has 1 aliphatic rings. The number of nitrogens with zero attached hydrogens (tertiary/aromatic N) is 2. The number of pyridine rings is 1. The van der Waals surface area contributed by atoms with E-state index in [4.69, 9.17) is 0 Å². The zero-order valence-corrected chi connectivity index (χ0v) is 12.0. The molecule has 0 spiro atoms. The van der Waals surface area contributed by atoms with Crippen molar-refractivity contribution >= 4 is 5.91 Å². The second-order valence-electron chi connectivity index (χ2n) is 5.64. The predicted molar refractivity (Wildman–Crippen MR) is 76.8 cm³/mol. The Morgan fingerprint density at radius 1 is 1.37 bits per heavy atom. The van der Waals surface area contributed by atoms with Crippen molar-refractivity contribution in [3.63, 3.8) is 0 Å². The molecule has 2 unspecified atom stereocenters. The van der Waals surface area contributed by atoms with E-state index in [9.17, 15) is 4.79 Å². The number of aromatic nitrogens is 1. The van der Waals surface area contributed by atoms with E-state index in [0.717, 1.165) is 25.7 Å². The maximum absolute atomic E-state index is 12.3. The molecule has 1 saturated heterocycles. The van der Waals surface area contributed by atoms with Gasteiger partial charge in [-0.3, -0.25) is 9.78 Å². The molecule has 1 aliphatic heterocycles. The smallest absolute Gasteiger partial charge is 0.223 e. The number of carbonyl (C=O) groups is 1. The summed E-state index contributed by atoms with van der Waals surface area (Å²) in [4.78, 5) is 18.5. The van der Waals surface area contributed by atoms with Crippen LogP contribution < -0.4 is 0 Å². The quantitative estimate of drug-likeness (QED) is 0.833. The monoisotopic (exact) mass is 260 g/mol. The lowest BCUT2D eigenvalue weighted by molar-refractivity contribution is -0.137. The Morgan fingerprint density at radius 3 is 2.74 bits per heavy atom. The van der Waals surface area contributed by atoms with Crippen molar-refractivity contribution in [3.05, 3.63) is 30.1 Å². The first-order valence-corrected chi connectivity index (χ1v) is 7.38. The molecule has 2 heterocycles. The van der Waals surface area contributed by atoms with E-state index < -0.39 is 0 Å². The SMILES string of the molecule is CC1CCCC(C)N1C(=O)CCCc1cccnc1. The molecule has 1 fully saturated rings. The van der Waals surface area contributed by atoms with E-state index >= 15 is 0 Å². The molecule has 0 bridgehead atoms. The summed E-state index contributed by atoms with van der Waals surface area (Å²) >= 11 is 0. The van der Waals surface area contributed by atoms with Crippen LogP contribution in [0.15, 0.2) is 24.5 Å². The summed E-state index contributed by atoms with van der Waals surface area (Å²) in [6, 6.07) is 4.85. The first-order valence-electron chi connectivity index (χ1n) is 7.38.